The number of nitrogens with one attached hydrogen (secondary N) is 2. The number of fused-ring (bicyclic) bond motifs is 1. The van der Waals surface area contributed by atoms with E-state index in [0.717, 1.165) is 10.9 Å². The van der Waals surface area contributed by atoms with Crippen molar-refractivity contribution in [2.24, 2.45) is 5.92 Å². The van der Waals surface area contributed by atoms with Gasteiger partial charge in [-0.15, -0.1) is 0 Å². The molecule has 148 valence electrons. The maximum atomic E-state index is 12.7. The van der Waals surface area contributed by atoms with Crippen LogP contribution in [0.4, 0.5) is 0 Å². The Kier molecular flexibility index (Phi) is 6.41. The number of rotatable bonds is 8. The minimum atomic E-state index is -0.306. The molecule has 0 aliphatic rings. The summed E-state index contributed by atoms with van der Waals surface area (Å²) in [5, 5.41) is 12.6. The van der Waals surface area contributed by atoms with Crippen molar-refractivity contribution < 1.29 is 9.32 Å². The zero-order chi connectivity index (χ0) is 20.1. The summed E-state index contributed by atoms with van der Waals surface area (Å²) in [6.07, 6.45) is 0.988. The van der Waals surface area contributed by atoms with Gasteiger partial charge < -0.3 is 15.2 Å². The molecule has 0 radical (unpaired) electrons. The molecule has 6 heteroatoms. The van der Waals surface area contributed by atoms with E-state index in [0.29, 0.717) is 24.6 Å². The fourth-order valence-electron chi connectivity index (χ4n) is 3.12. The van der Waals surface area contributed by atoms with Gasteiger partial charge in [0.1, 0.15) is 6.04 Å². The van der Waals surface area contributed by atoms with Crippen LogP contribution in [-0.2, 0) is 17.6 Å². The van der Waals surface area contributed by atoms with E-state index >= 15 is 0 Å². The lowest BCUT2D eigenvalue weighted by atomic mass is 10.0. The Labute approximate surface area is 165 Å². The third-order valence-electron chi connectivity index (χ3n) is 4.89. The second kappa shape index (κ2) is 8.97. The van der Waals surface area contributed by atoms with Crippen LogP contribution in [0, 0.1) is 5.92 Å². The van der Waals surface area contributed by atoms with Crippen molar-refractivity contribution in [3.05, 3.63) is 59.7 Å². The van der Waals surface area contributed by atoms with Crippen molar-refractivity contribution in [3.8, 4) is 0 Å². The van der Waals surface area contributed by atoms with E-state index in [1.165, 1.54) is 5.39 Å². The topological polar surface area (TPSA) is 80.0 Å². The van der Waals surface area contributed by atoms with Crippen LogP contribution in [0.3, 0.4) is 0 Å². The zero-order valence-corrected chi connectivity index (χ0v) is 16.9. The first-order valence-corrected chi connectivity index (χ1v) is 9.73. The first-order chi connectivity index (χ1) is 13.5. The van der Waals surface area contributed by atoms with Crippen molar-refractivity contribution in [2.45, 2.75) is 45.7 Å². The third kappa shape index (κ3) is 4.95. The summed E-state index contributed by atoms with van der Waals surface area (Å²) < 4.78 is 5.44. The van der Waals surface area contributed by atoms with Gasteiger partial charge in [-0.3, -0.25) is 4.79 Å². The summed E-state index contributed by atoms with van der Waals surface area (Å²) in [6.45, 7) is 6.11. The molecule has 0 fully saturated rings. The van der Waals surface area contributed by atoms with Gasteiger partial charge in [-0.1, -0.05) is 61.5 Å². The molecule has 2 N–H and O–H groups in total. The van der Waals surface area contributed by atoms with Crippen molar-refractivity contribution >= 4 is 16.7 Å². The molecule has 2 atom stereocenters. The van der Waals surface area contributed by atoms with E-state index in [1.54, 1.807) is 0 Å². The minimum Gasteiger partial charge on any atom is -0.344 e. The molecule has 0 aliphatic carbocycles. The van der Waals surface area contributed by atoms with Crippen LogP contribution >= 0.6 is 0 Å². The lowest BCUT2D eigenvalue weighted by Crippen LogP contribution is -2.33. The summed E-state index contributed by atoms with van der Waals surface area (Å²) >= 11 is 0. The van der Waals surface area contributed by atoms with Crippen LogP contribution in [0.25, 0.3) is 10.8 Å². The summed E-state index contributed by atoms with van der Waals surface area (Å²) in [6, 6.07) is 14.2. The molecule has 0 bridgehead atoms. The number of likely N-dealkylation sites (N-methyl/N-ethyl adjacent to an activating group) is 1. The van der Waals surface area contributed by atoms with E-state index in [4.69, 9.17) is 4.52 Å². The molecule has 28 heavy (non-hydrogen) atoms. The van der Waals surface area contributed by atoms with Gasteiger partial charge in [-0.2, -0.15) is 4.98 Å². The number of hydrogen-bond donors (Lipinski definition) is 2. The lowest BCUT2D eigenvalue weighted by Gasteiger charge is -2.18. The largest absolute Gasteiger partial charge is 0.344 e. The van der Waals surface area contributed by atoms with Crippen molar-refractivity contribution in [1.29, 1.82) is 0 Å². The fraction of sp³-hybridized carbons (Fsp3) is 0.409. The van der Waals surface area contributed by atoms with Gasteiger partial charge in [-0.05, 0) is 36.2 Å². The van der Waals surface area contributed by atoms with Gasteiger partial charge in [0.25, 0.3) is 0 Å². The first kappa shape index (κ1) is 20.0. The molecule has 0 saturated carbocycles. The summed E-state index contributed by atoms with van der Waals surface area (Å²) in [5.41, 5.74) is 0.979. The maximum Gasteiger partial charge on any atom is 0.249 e. The SMILES string of the molecule is CNC(C)Cc1noc(C(NC(=O)Cc2ccc3ccccc3c2)C(C)C)n1. The van der Waals surface area contributed by atoms with Crippen LogP contribution in [0.1, 0.15) is 44.1 Å². The smallest absolute Gasteiger partial charge is 0.249 e. The Bertz CT molecular complexity index is 935. The second-order valence-corrected chi connectivity index (χ2v) is 7.59. The van der Waals surface area contributed by atoms with Gasteiger partial charge in [-0.25, -0.2) is 0 Å². The van der Waals surface area contributed by atoms with Crippen LogP contribution < -0.4 is 10.6 Å². The summed E-state index contributed by atoms with van der Waals surface area (Å²) in [4.78, 5) is 17.1. The second-order valence-electron chi connectivity index (χ2n) is 7.59. The van der Waals surface area contributed by atoms with Gasteiger partial charge >= 0.3 is 0 Å². The van der Waals surface area contributed by atoms with E-state index in [9.17, 15) is 4.79 Å². The van der Waals surface area contributed by atoms with Gasteiger partial charge in [0.15, 0.2) is 5.82 Å². The number of benzene rings is 2. The van der Waals surface area contributed by atoms with E-state index < -0.39 is 0 Å². The Balaban J connectivity index is 1.68. The molecule has 0 aliphatic heterocycles. The quantitative estimate of drug-likeness (QED) is 0.626. The first-order valence-electron chi connectivity index (χ1n) is 9.73. The van der Waals surface area contributed by atoms with Gasteiger partial charge in [0, 0.05) is 12.5 Å². The molecule has 0 spiro atoms. The molecule has 6 nitrogen and oxygen atoms in total. The molecular weight excluding hydrogens is 352 g/mol. The van der Waals surface area contributed by atoms with Crippen LogP contribution in [0.5, 0.6) is 0 Å². The highest BCUT2D eigenvalue weighted by Gasteiger charge is 2.25. The number of carbonyl (C=O) groups is 1. The third-order valence-corrected chi connectivity index (χ3v) is 4.89. The molecule has 2 aromatic carbocycles. The predicted molar refractivity (Wildman–Crippen MR) is 110 cm³/mol. The normalized spacial score (nSPS) is 13.6. The molecule has 3 rings (SSSR count). The molecule has 2 unspecified atom stereocenters. The zero-order valence-electron chi connectivity index (χ0n) is 16.9. The van der Waals surface area contributed by atoms with Crippen LogP contribution in [-0.4, -0.2) is 29.1 Å². The highest BCUT2D eigenvalue weighted by molar-refractivity contribution is 5.85. The molecule has 3 aromatic rings. The minimum absolute atomic E-state index is 0.0580. The number of amides is 1. The lowest BCUT2D eigenvalue weighted by molar-refractivity contribution is -0.121. The van der Waals surface area contributed by atoms with Gasteiger partial charge in [0.2, 0.25) is 11.8 Å². The Morgan fingerprint density at radius 3 is 2.57 bits per heavy atom. The van der Waals surface area contributed by atoms with Crippen molar-refractivity contribution in [2.75, 3.05) is 7.05 Å². The van der Waals surface area contributed by atoms with Crippen molar-refractivity contribution in [1.82, 2.24) is 20.8 Å². The summed E-state index contributed by atoms with van der Waals surface area (Å²) in [7, 11) is 1.90. The molecule has 1 amide bonds. The average Bonchev–Trinajstić information content (AvgIpc) is 3.13. The molecular formula is C22H28N4O2. The van der Waals surface area contributed by atoms with Crippen LogP contribution in [0.2, 0.25) is 0 Å². The molecule has 1 heterocycles. The number of aromatic nitrogens is 2. The van der Waals surface area contributed by atoms with Gasteiger partial charge in [0.05, 0.1) is 6.42 Å². The summed E-state index contributed by atoms with van der Waals surface area (Å²) in [5.74, 6) is 1.18. The monoisotopic (exact) mass is 380 g/mol. The fourth-order valence-corrected chi connectivity index (χ4v) is 3.12. The average molecular weight is 380 g/mol. The highest BCUT2D eigenvalue weighted by atomic mass is 16.5. The number of nitrogens with zero attached hydrogens (tertiary/aromatic N) is 2. The molecule has 0 saturated heterocycles. The van der Waals surface area contributed by atoms with E-state index in [2.05, 4.69) is 45.9 Å². The molecule has 1 aromatic heterocycles. The Morgan fingerprint density at radius 1 is 1.11 bits per heavy atom. The Morgan fingerprint density at radius 2 is 1.86 bits per heavy atom. The van der Waals surface area contributed by atoms with E-state index in [-0.39, 0.29) is 23.9 Å². The van der Waals surface area contributed by atoms with E-state index in [1.807, 2.05) is 45.2 Å². The predicted octanol–water partition coefficient (Wildman–Crippen LogP) is 3.43. The number of hydrogen-bond acceptors (Lipinski definition) is 5. The number of carbonyl (C=O) groups excluding carboxylic acids is 1. The van der Waals surface area contributed by atoms with Crippen LogP contribution in [0.15, 0.2) is 47.0 Å². The Hall–Kier alpha value is -2.73. The highest BCUT2D eigenvalue weighted by Crippen LogP contribution is 2.21. The van der Waals surface area contributed by atoms with Crippen molar-refractivity contribution in [3.63, 3.8) is 0 Å². The maximum absolute atomic E-state index is 12.7. The standard InChI is InChI=1S/C22H28N4O2/c1-14(2)21(22-24-19(26-28-22)11-15(3)23-4)25-20(27)13-16-9-10-17-7-5-6-8-18(17)12-16/h5-10,12,14-15,21,23H,11,13H2,1-4H3,(H,25,27).